The first-order valence-corrected chi connectivity index (χ1v) is 7.34. The molecule has 0 aliphatic carbocycles. The van der Waals surface area contributed by atoms with E-state index in [1.165, 1.54) is 0 Å². The van der Waals surface area contributed by atoms with Crippen LogP contribution < -0.4 is 4.90 Å². The molecule has 0 aromatic carbocycles. The SMILES string of the molecule is Cc1nc(Cl)c(C)c(N2CCN(CC(C)(C)O)CC2)n1. The molecule has 0 bridgehead atoms. The molecule has 112 valence electrons. The number of hydrogen-bond donors (Lipinski definition) is 1. The van der Waals surface area contributed by atoms with Crippen molar-refractivity contribution in [2.75, 3.05) is 37.6 Å². The van der Waals surface area contributed by atoms with Gasteiger partial charge in [0, 0.05) is 38.3 Å². The lowest BCUT2D eigenvalue weighted by Crippen LogP contribution is -2.50. The van der Waals surface area contributed by atoms with Crippen molar-refractivity contribution in [2.45, 2.75) is 33.3 Å². The van der Waals surface area contributed by atoms with Crippen molar-refractivity contribution in [1.29, 1.82) is 0 Å². The first-order chi connectivity index (χ1) is 9.26. The van der Waals surface area contributed by atoms with Gasteiger partial charge in [-0.05, 0) is 27.7 Å². The average molecular weight is 299 g/mol. The molecule has 1 aliphatic heterocycles. The van der Waals surface area contributed by atoms with Gasteiger partial charge in [-0.25, -0.2) is 9.97 Å². The monoisotopic (exact) mass is 298 g/mol. The molecule has 20 heavy (non-hydrogen) atoms. The lowest BCUT2D eigenvalue weighted by Gasteiger charge is -2.38. The van der Waals surface area contributed by atoms with Gasteiger partial charge in [0.25, 0.3) is 0 Å². The third-order valence-electron chi connectivity index (χ3n) is 3.45. The second-order valence-corrected chi connectivity index (χ2v) is 6.44. The summed E-state index contributed by atoms with van der Waals surface area (Å²) >= 11 is 6.13. The van der Waals surface area contributed by atoms with Crippen molar-refractivity contribution in [1.82, 2.24) is 14.9 Å². The standard InChI is InChI=1S/C14H23ClN4O/c1-10-12(15)16-11(2)17-13(10)19-7-5-18(6-8-19)9-14(3,4)20/h20H,5-9H2,1-4H3. The molecule has 0 atom stereocenters. The quantitative estimate of drug-likeness (QED) is 0.860. The van der Waals surface area contributed by atoms with Crippen LogP contribution in [0.2, 0.25) is 5.15 Å². The number of nitrogens with zero attached hydrogens (tertiary/aromatic N) is 4. The van der Waals surface area contributed by atoms with E-state index in [1.54, 1.807) is 0 Å². The Labute approximate surface area is 125 Å². The Balaban J connectivity index is 2.04. The molecule has 0 unspecified atom stereocenters. The lowest BCUT2D eigenvalue weighted by atomic mass is 10.1. The molecule has 1 N–H and O–H groups in total. The van der Waals surface area contributed by atoms with E-state index in [1.807, 2.05) is 27.7 Å². The van der Waals surface area contributed by atoms with Crippen molar-refractivity contribution in [3.8, 4) is 0 Å². The van der Waals surface area contributed by atoms with E-state index in [9.17, 15) is 5.11 Å². The number of aromatic nitrogens is 2. The van der Waals surface area contributed by atoms with Crippen molar-refractivity contribution < 1.29 is 5.11 Å². The Morgan fingerprint density at radius 2 is 1.75 bits per heavy atom. The summed E-state index contributed by atoms with van der Waals surface area (Å²) in [5, 5.41) is 10.4. The van der Waals surface area contributed by atoms with Gasteiger partial charge in [-0.2, -0.15) is 0 Å². The summed E-state index contributed by atoms with van der Waals surface area (Å²) in [5.41, 5.74) is 0.292. The molecule has 1 saturated heterocycles. The molecular formula is C14H23ClN4O. The Hall–Kier alpha value is -0.910. The minimum Gasteiger partial charge on any atom is -0.389 e. The van der Waals surface area contributed by atoms with Crippen LogP contribution in [0, 0.1) is 13.8 Å². The second-order valence-electron chi connectivity index (χ2n) is 6.09. The van der Waals surface area contributed by atoms with E-state index < -0.39 is 5.60 Å². The van der Waals surface area contributed by atoms with Gasteiger partial charge in [0.05, 0.1) is 5.60 Å². The van der Waals surface area contributed by atoms with Gasteiger partial charge < -0.3 is 10.0 Å². The molecule has 1 aromatic heterocycles. The molecular weight excluding hydrogens is 276 g/mol. The van der Waals surface area contributed by atoms with Crippen LogP contribution in [-0.2, 0) is 0 Å². The Kier molecular flexibility index (Phi) is 4.52. The van der Waals surface area contributed by atoms with Crippen LogP contribution in [0.4, 0.5) is 5.82 Å². The van der Waals surface area contributed by atoms with Gasteiger partial charge in [-0.15, -0.1) is 0 Å². The van der Waals surface area contributed by atoms with E-state index in [2.05, 4.69) is 19.8 Å². The van der Waals surface area contributed by atoms with Crippen LogP contribution >= 0.6 is 11.6 Å². The lowest BCUT2D eigenvalue weighted by molar-refractivity contribution is 0.0344. The van der Waals surface area contributed by atoms with Crippen LogP contribution in [0.25, 0.3) is 0 Å². The van der Waals surface area contributed by atoms with Crippen LogP contribution in [0.3, 0.4) is 0 Å². The average Bonchev–Trinajstić information content (AvgIpc) is 2.33. The van der Waals surface area contributed by atoms with Crippen molar-refractivity contribution in [3.63, 3.8) is 0 Å². The number of anilines is 1. The summed E-state index contributed by atoms with van der Waals surface area (Å²) in [4.78, 5) is 13.2. The van der Waals surface area contributed by atoms with Gasteiger partial charge in [0.2, 0.25) is 0 Å². The molecule has 1 aromatic rings. The van der Waals surface area contributed by atoms with E-state index >= 15 is 0 Å². The molecule has 2 rings (SSSR count). The molecule has 1 aliphatic rings. The highest BCUT2D eigenvalue weighted by molar-refractivity contribution is 6.30. The summed E-state index contributed by atoms with van der Waals surface area (Å²) in [6.45, 7) is 11.8. The molecule has 1 fully saturated rings. The summed E-state index contributed by atoms with van der Waals surface area (Å²) in [6.07, 6.45) is 0. The number of halogens is 1. The summed E-state index contributed by atoms with van der Waals surface area (Å²) in [7, 11) is 0. The van der Waals surface area contributed by atoms with Crippen molar-refractivity contribution >= 4 is 17.4 Å². The number of aliphatic hydroxyl groups is 1. The third kappa shape index (κ3) is 3.81. The summed E-state index contributed by atoms with van der Waals surface area (Å²) < 4.78 is 0. The molecule has 0 radical (unpaired) electrons. The first-order valence-electron chi connectivity index (χ1n) is 6.97. The van der Waals surface area contributed by atoms with Gasteiger partial charge in [0.15, 0.2) is 0 Å². The number of piperazine rings is 1. The van der Waals surface area contributed by atoms with Gasteiger partial charge in [-0.1, -0.05) is 11.6 Å². The zero-order valence-corrected chi connectivity index (χ0v) is 13.4. The maximum absolute atomic E-state index is 9.88. The number of β-amino-alcohol motifs (C(OH)–C–C–N with tert-alkyl or cyclic N) is 1. The highest BCUT2D eigenvalue weighted by Crippen LogP contribution is 2.24. The summed E-state index contributed by atoms with van der Waals surface area (Å²) in [6, 6.07) is 0. The summed E-state index contributed by atoms with van der Waals surface area (Å²) in [5.74, 6) is 1.64. The number of aryl methyl sites for hydroxylation is 1. The minimum atomic E-state index is -0.646. The van der Waals surface area contributed by atoms with Crippen LogP contribution in [0.1, 0.15) is 25.2 Å². The molecule has 5 nitrogen and oxygen atoms in total. The fourth-order valence-corrected chi connectivity index (χ4v) is 2.76. The number of rotatable bonds is 3. The third-order valence-corrected chi connectivity index (χ3v) is 3.82. The molecule has 6 heteroatoms. The number of hydrogen-bond acceptors (Lipinski definition) is 5. The molecule has 0 amide bonds. The molecule has 2 heterocycles. The predicted octanol–water partition coefficient (Wildman–Crippen LogP) is 1.64. The minimum absolute atomic E-state index is 0.534. The van der Waals surface area contributed by atoms with E-state index in [4.69, 9.17) is 11.6 Å². The zero-order valence-electron chi connectivity index (χ0n) is 12.6. The largest absolute Gasteiger partial charge is 0.389 e. The topological polar surface area (TPSA) is 52.5 Å². The Morgan fingerprint density at radius 3 is 2.30 bits per heavy atom. The van der Waals surface area contributed by atoms with Crippen molar-refractivity contribution in [3.05, 3.63) is 16.5 Å². The van der Waals surface area contributed by atoms with E-state index in [0.29, 0.717) is 17.5 Å². The first kappa shape index (κ1) is 15.5. The van der Waals surface area contributed by atoms with Gasteiger partial charge in [-0.3, -0.25) is 4.90 Å². The molecule has 0 spiro atoms. The fourth-order valence-electron chi connectivity index (χ4n) is 2.55. The molecule has 0 saturated carbocycles. The Bertz CT molecular complexity index is 479. The fraction of sp³-hybridized carbons (Fsp3) is 0.714. The highest BCUT2D eigenvalue weighted by atomic mass is 35.5. The van der Waals surface area contributed by atoms with E-state index in [0.717, 1.165) is 37.6 Å². The highest BCUT2D eigenvalue weighted by Gasteiger charge is 2.24. The Morgan fingerprint density at radius 1 is 1.15 bits per heavy atom. The second kappa shape index (κ2) is 5.84. The van der Waals surface area contributed by atoms with Crippen LogP contribution in [-0.4, -0.2) is 58.3 Å². The smallest absolute Gasteiger partial charge is 0.137 e. The maximum atomic E-state index is 9.88. The van der Waals surface area contributed by atoms with E-state index in [-0.39, 0.29) is 0 Å². The van der Waals surface area contributed by atoms with Crippen LogP contribution in [0.15, 0.2) is 0 Å². The zero-order chi connectivity index (χ0) is 14.9. The maximum Gasteiger partial charge on any atom is 0.137 e. The van der Waals surface area contributed by atoms with Gasteiger partial charge >= 0.3 is 0 Å². The normalized spacial score (nSPS) is 17.6. The van der Waals surface area contributed by atoms with Crippen molar-refractivity contribution in [2.24, 2.45) is 0 Å². The van der Waals surface area contributed by atoms with Crippen LogP contribution in [0.5, 0.6) is 0 Å². The van der Waals surface area contributed by atoms with Gasteiger partial charge in [0.1, 0.15) is 16.8 Å². The predicted molar refractivity (Wildman–Crippen MR) is 81.5 cm³/mol.